The predicted molar refractivity (Wildman–Crippen MR) is 92.0 cm³/mol. The molecule has 2 rings (SSSR count). The number of benzene rings is 2. The van der Waals surface area contributed by atoms with E-state index in [1.54, 1.807) is 18.2 Å². The molecule has 0 saturated carbocycles. The van der Waals surface area contributed by atoms with Crippen molar-refractivity contribution in [1.29, 1.82) is 0 Å². The number of hydrogen-bond donors (Lipinski definition) is 1. The SMILES string of the molecule is O=C(COC(=O)/C=C/c1ccc(OC(F)(F)F)cc1)NC(=O)c1ccccc1. The van der Waals surface area contributed by atoms with Gasteiger partial charge in [0.1, 0.15) is 5.75 Å². The van der Waals surface area contributed by atoms with E-state index in [4.69, 9.17) is 0 Å². The van der Waals surface area contributed by atoms with Gasteiger partial charge in [0.2, 0.25) is 0 Å². The Morgan fingerprint density at radius 3 is 2.21 bits per heavy atom. The number of esters is 1. The van der Waals surface area contributed by atoms with E-state index in [9.17, 15) is 27.6 Å². The predicted octanol–water partition coefficient (Wildman–Crippen LogP) is 3.10. The zero-order valence-electron chi connectivity index (χ0n) is 14.2. The van der Waals surface area contributed by atoms with Crippen molar-refractivity contribution in [3.8, 4) is 5.75 Å². The highest BCUT2D eigenvalue weighted by molar-refractivity contribution is 6.05. The number of hydrogen-bond acceptors (Lipinski definition) is 5. The summed E-state index contributed by atoms with van der Waals surface area (Å²) < 4.78 is 44.6. The fourth-order valence-electron chi connectivity index (χ4n) is 1.95. The molecule has 0 bridgehead atoms. The quantitative estimate of drug-likeness (QED) is 0.603. The van der Waals surface area contributed by atoms with Gasteiger partial charge in [-0.1, -0.05) is 30.3 Å². The lowest BCUT2D eigenvalue weighted by molar-refractivity contribution is -0.274. The summed E-state index contributed by atoms with van der Waals surface area (Å²) >= 11 is 0. The second-order valence-electron chi connectivity index (χ2n) is 5.30. The van der Waals surface area contributed by atoms with Gasteiger partial charge in [0.15, 0.2) is 6.61 Å². The largest absolute Gasteiger partial charge is 0.573 e. The van der Waals surface area contributed by atoms with Gasteiger partial charge in [-0.15, -0.1) is 13.2 Å². The number of rotatable bonds is 6. The van der Waals surface area contributed by atoms with Crippen molar-refractivity contribution >= 4 is 23.9 Å². The van der Waals surface area contributed by atoms with Crippen LogP contribution in [-0.4, -0.2) is 30.8 Å². The smallest absolute Gasteiger partial charge is 0.452 e. The van der Waals surface area contributed by atoms with E-state index in [-0.39, 0.29) is 5.56 Å². The summed E-state index contributed by atoms with van der Waals surface area (Å²) in [6, 6.07) is 12.8. The molecule has 0 atom stereocenters. The Bertz CT molecular complexity index is 861. The van der Waals surface area contributed by atoms with Crippen molar-refractivity contribution in [2.24, 2.45) is 0 Å². The molecule has 0 unspecified atom stereocenters. The van der Waals surface area contributed by atoms with Gasteiger partial charge in [0.25, 0.3) is 11.8 Å². The minimum Gasteiger partial charge on any atom is -0.452 e. The summed E-state index contributed by atoms with van der Waals surface area (Å²) in [5, 5.41) is 2.07. The molecule has 0 fully saturated rings. The Kier molecular flexibility index (Phi) is 6.91. The van der Waals surface area contributed by atoms with Crippen LogP contribution in [0.2, 0.25) is 0 Å². The van der Waals surface area contributed by atoms with Gasteiger partial charge in [-0.3, -0.25) is 14.9 Å². The summed E-state index contributed by atoms with van der Waals surface area (Å²) in [5.74, 6) is -2.69. The number of nitrogens with one attached hydrogen (secondary N) is 1. The molecule has 0 radical (unpaired) electrons. The van der Waals surface area contributed by atoms with Crippen LogP contribution in [0.1, 0.15) is 15.9 Å². The molecule has 0 aliphatic heterocycles. The molecule has 9 heteroatoms. The second kappa shape index (κ2) is 9.36. The van der Waals surface area contributed by atoms with Gasteiger partial charge >= 0.3 is 12.3 Å². The Morgan fingerprint density at radius 1 is 0.964 bits per heavy atom. The van der Waals surface area contributed by atoms with Crippen molar-refractivity contribution in [3.63, 3.8) is 0 Å². The van der Waals surface area contributed by atoms with Crippen LogP contribution < -0.4 is 10.1 Å². The molecule has 0 aliphatic rings. The summed E-state index contributed by atoms with van der Waals surface area (Å²) in [7, 11) is 0. The molecular formula is C19H14F3NO5. The lowest BCUT2D eigenvalue weighted by Crippen LogP contribution is -2.33. The maximum absolute atomic E-state index is 12.1. The number of carbonyl (C=O) groups excluding carboxylic acids is 3. The second-order valence-corrected chi connectivity index (χ2v) is 5.30. The number of ether oxygens (including phenoxy) is 2. The summed E-state index contributed by atoms with van der Waals surface area (Å²) in [5.41, 5.74) is 0.690. The molecule has 146 valence electrons. The van der Waals surface area contributed by atoms with E-state index in [0.717, 1.165) is 18.2 Å². The number of alkyl halides is 3. The van der Waals surface area contributed by atoms with E-state index in [1.165, 1.54) is 30.3 Å². The average molecular weight is 393 g/mol. The van der Waals surface area contributed by atoms with Gasteiger partial charge in [0.05, 0.1) is 0 Å². The van der Waals surface area contributed by atoms with Gasteiger partial charge in [-0.2, -0.15) is 0 Å². The number of amides is 2. The molecular weight excluding hydrogens is 379 g/mol. The van der Waals surface area contributed by atoms with Crippen LogP contribution in [0.5, 0.6) is 5.75 Å². The van der Waals surface area contributed by atoms with Crippen molar-refractivity contribution in [1.82, 2.24) is 5.32 Å². The monoisotopic (exact) mass is 393 g/mol. The third-order valence-corrected chi connectivity index (χ3v) is 3.16. The number of imide groups is 1. The molecule has 0 aliphatic carbocycles. The van der Waals surface area contributed by atoms with Gasteiger partial charge in [0, 0.05) is 11.6 Å². The average Bonchev–Trinajstić information content (AvgIpc) is 2.65. The highest BCUT2D eigenvalue weighted by atomic mass is 19.4. The van der Waals surface area contributed by atoms with Crippen LogP contribution in [0.25, 0.3) is 6.08 Å². The van der Waals surface area contributed by atoms with Crippen molar-refractivity contribution in [2.75, 3.05) is 6.61 Å². The van der Waals surface area contributed by atoms with Crippen molar-refractivity contribution < 1.29 is 37.0 Å². The Balaban J connectivity index is 1.78. The Morgan fingerprint density at radius 2 is 1.61 bits per heavy atom. The Hall–Kier alpha value is -3.62. The molecule has 0 spiro atoms. The number of carbonyl (C=O) groups is 3. The third-order valence-electron chi connectivity index (χ3n) is 3.16. The lowest BCUT2D eigenvalue weighted by atomic mass is 10.2. The molecule has 0 heterocycles. The van der Waals surface area contributed by atoms with E-state index in [0.29, 0.717) is 5.56 Å². The summed E-state index contributed by atoms with van der Waals surface area (Å²) in [4.78, 5) is 35.0. The van der Waals surface area contributed by atoms with E-state index >= 15 is 0 Å². The first kappa shape index (κ1) is 20.7. The van der Waals surface area contributed by atoms with E-state index in [1.807, 2.05) is 0 Å². The molecule has 0 saturated heterocycles. The molecule has 28 heavy (non-hydrogen) atoms. The van der Waals surface area contributed by atoms with E-state index < -0.39 is 36.5 Å². The Labute approximate surface area is 157 Å². The summed E-state index contributed by atoms with van der Waals surface area (Å²) in [6.45, 7) is -0.667. The van der Waals surface area contributed by atoms with Crippen LogP contribution in [0, 0.1) is 0 Å². The third kappa shape index (κ3) is 7.32. The normalized spacial score (nSPS) is 11.1. The van der Waals surface area contributed by atoms with Crippen LogP contribution in [-0.2, 0) is 14.3 Å². The molecule has 0 aromatic heterocycles. The first-order chi connectivity index (χ1) is 13.2. The van der Waals surface area contributed by atoms with Crippen molar-refractivity contribution in [2.45, 2.75) is 6.36 Å². The fourth-order valence-corrected chi connectivity index (χ4v) is 1.95. The molecule has 2 aromatic rings. The molecule has 2 aromatic carbocycles. The minimum absolute atomic E-state index is 0.278. The molecule has 2 amide bonds. The first-order valence-corrected chi connectivity index (χ1v) is 7.83. The first-order valence-electron chi connectivity index (χ1n) is 7.83. The van der Waals surface area contributed by atoms with Crippen LogP contribution in [0.4, 0.5) is 13.2 Å². The maximum Gasteiger partial charge on any atom is 0.573 e. The zero-order chi connectivity index (χ0) is 20.6. The van der Waals surface area contributed by atoms with Gasteiger partial charge < -0.3 is 9.47 Å². The van der Waals surface area contributed by atoms with Gasteiger partial charge in [-0.05, 0) is 35.9 Å². The molecule has 6 nitrogen and oxygen atoms in total. The van der Waals surface area contributed by atoms with Crippen LogP contribution in [0.15, 0.2) is 60.7 Å². The number of halogens is 3. The highest BCUT2D eigenvalue weighted by Crippen LogP contribution is 2.22. The molecule has 1 N–H and O–H groups in total. The highest BCUT2D eigenvalue weighted by Gasteiger charge is 2.30. The maximum atomic E-state index is 12.1. The standard InChI is InChI=1S/C19H14F3NO5/c20-19(21,22)28-15-9-6-13(7-10-15)8-11-17(25)27-12-16(24)23-18(26)14-4-2-1-3-5-14/h1-11H,12H2,(H,23,24,26)/b11-8+. The van der Waals surface area contributed by atoms with E-state index in [2.05, 4.69) is 14.8 Å². The van der Waals surface area contributed by atoms with Gasteiger partial charge in [-0.25, -0.2) is 4.79 Å². The van der Waals surface area contributed by atoms with Crippen LogP contribution >= 0.6 is 0 Å². The zero-order valence-corrected chi connectivity index (χ0v) is 14.2. The fraction of sp³-hybridized carbons (Fsp3) is 0.105. The lowest BCUT2D eigenvalue weighted by Gasteiger charge is -2.08. The van der Waals surface area contributed by atoms with Crippen molar-refractivity contribution in [3.05, 3.63) is 71.8 Å². The topological polar surface area (TPSA) is 81.7 Å². The minimum atomic E-state index is -4.79. The summed E-state index contributed by atoms with van der Waals surface area (Å²) in [6.07, 6.45) is -2.51. The van der Waals surface area contributed by atoms with Crippen LogP contribution in [0.3, 0.4) is 0 Å².